The van der Waals surface area contributed by atoms with Gasteiger partial charge in [-0.2, -0.15) is 5.10 Å². The van der Waals surface area contributed by atoms with E-state index in [1.165, 1.54) is 11.9 Å². The van der Waals surface area contributed by atoms with Crippen LogP contribution in [0.2, 0.25) is 5.02 Å². The molecule has 8 heteroatoms. The monoisotopic (exact) mass is 387 g/mol. The molecule has 0 fully saturated rings. The zero-order valence-corrected chi connectivity index (χ0v) is 15.6. The van der Waals surface area contributed by atoms with E-state index in [9.17, 15) is 9.59 Å². The summed E-state index contributed by atoms with van der Waals surface area (Å²) in [5, 5.41) is 5.00. The molecule has 1 aromatic carbocycles. The van der Waals surface area contributed by atoms with Crippen LogP contribution in [0.3, 0.4) is 0 Å². The van der Waals surface area contributed by atoms with Crippen molar-refractivity contribution >= 4 is 23.5 Å². The fourth-order valence-electron chi connectivity index (χ4n) is 2.53. The molecule has 0 unspecified atom stereocenters. The average Bonchev–Trinajstić information content (AvgIpc) is 3.31. The molecule has 7 nitrogen and oxygen atoms in total. The maximum atomic E-state index is 12.7. The molecule has 1 amide bonds. The zero-order valence-electron chi connectivity index (χ0n) is 14.9. The first-order valence-electron chi connectivity index (χ1n) is 8.30. The molecule has 0 saturated heterocycles. The normalized spacial score (nSPS) is 10.6. The van der Waals surface area contributed by atoms with Gasteiger partial charge in [-0.3, -0.25) is 9.59 Å². The molecule has 0 atom stereocenters. The molecule has 0 radical (unpaired) electrons. The van der Waals surface area contributed by atoms with Crippen LogP contribution in [0.4, 0.5) is 0 Å². The number of hydrogen-bond acceptors (Lipinski definition) is 5. The Balaban J connectivity index is 1.95. The summed E-state index contributed by atoms with van der Waals surface area (Å²) >= 11 is 5.96. The number of halogens is 1. The topological polar surface area (TPSA) is 77.6 Å². The molecule has 140 valence electrons. The van der Waals surface area contributed by atoms with Crippen molar-refractivity contribution in [2.24, 2.45) is 0 Å². The summed E-state index contributed by atoms with van der Waals surface area (Å²) in [4.78, 5) is 25.6. The summed E-state index contributed by atoms with van der Waals surface area (Å²) in [5.74, 6) is -0.315. The van der Waals surface area contributed by atoms with Crippen LogP contribution in [0.15, 0.2) is 53.1 Å². The van der Waals surface area contributed by atoms with Crippen molar-refractivity contribution in [3.8, 4) is 17.1 Å². The summed E-state index contributed by atoms with van der Waals surface area (Å²) in [6.07, 6.45) is 1.54. The van der Waals surface area contributed by atoms with Gasteiger partial charge in [0.1, 0.15) is 12.2 Å². The van der Waals surface area contributed by atoms with Crippen LogP contribution < -0.4 is 0 Å². The SMILES string of the molecule is CCOC(=O)CN(C)C(=O)c1cc(-c2ccco2)n(-c2ccc(Cl)cc2)n1. The van der Waals surface area contributed by atoms with Gasteiger partial charge >= 0.3 is 5.97 Å². The Morgan fingerprint density at radius 1 is 1.26 bits per heavy atom. The largest absolute Gasteiger partial charge is 0.465 e. The molecular weight excluding hydrogens is 370 g/mol. The lowest BCUT2D eigenvalue weighted by molar-refractivity contribution is -0.143. The lowest BCUT2D eigenvalue weighted by Crippen LogP contribution is -2.33. The summed E-state index contributed by atoms with van der Waals surface area (Å²) in [6, 6.07) is 12.2. The Labute approximate surface area is 161 Å². The minimum atomic E-state index is -0.475. The van der Waals surface area contributed by atoms with Crippen molar-refractivity contribution < 1.29 is 18.7 Å². The third kappa shape index (κ3) is 4.20. The van der Waals surface area contributed by atoms with E-state index in [0.717, 1.165) is 5.69 Å². The number of likely N-dealkylation sites (N-methyl/N-ethyl adjacent to an activating group) is 1. The Morgan fingerprint density at radius 3 is 2.63 bits per heavy atom. The predicted molar refractivity (Wildman–Crippen MR) is 99.9 cm³/mol. The van der Waals surface area contributed by atoms with Gasteiger partial charge in [0, 0.05) is 18.1 Å². The first-order chi connectivity index (χ1) is 13.0. The number of nitrogens with zero attached hydrogens (tertiary/aromatic N) is 3. The number of furan rings is 1. The average molecular weight is 388 g/mol. The van der Waals surface area contributed by atoms with Crippen LogP contribution in [0, 0.1) is 0 Å². The van der Waals surface area contributed by atoms with E-state index in [4.69, 9.17) is 20.8 Å². The fraction of sp³-hybridized carbons (Fsp3) is 0.211. The minimum Gasteiger partial charge on any atom is -0.465 e. The smallest absolute Gasteiger partial charge is 0.325 e. The van der Waals surface area contributed by atoms with E-state index in [-0.39, 0.29) is 18.8 Å². The second-order valence-electron chi connectivity index (χ2n) is 5.75. The van der Waals surface area contributed by atoms with Gasteiger partial charge in [-0.05, 0) is 43.3 Å². The Morgan fingerprint density at radius 2 is 2.00 bits per heavy atom. The predicted octanol–water partition coefficient (Wildman–Crippen LogP) is 3.42. The maximum Gasteiger partial charge on any atom is 0.325 e. The fourth-order valence-corrected chi connectivity index (χ4v) is 2.66. The number of amides is 1. The van der Waals surface area contributed by atoms with Crippen molar-refractivity contribution in [3.05, 3.63) is 59.4 Å². The van der Waals surface area contributed by atoms with Crippen LogP contribution in [0.1, 0.15) is 17.4 Å². The second kappa shape index (κ2) is 8.09. The van der Waals surface area contributed by atoms with Crippen molar-refractivity contribution in [1.29, 1.82) is 0 Å². The van der Waals surface area contributed by atoms with Crippen LogP contribution in [-0.2, 0) is 9.53 Å². The zero-order chi connectivity index (χ0) is 19.4. The van der Waals surface area contributed by atoms with Gasteiger partial charge in [0.05, 0.1) is 18.6 Å². The molecule has 0 aliphatic heterocycles. The van der Waals surface area contributed by atoms with Gasteiger partial charge in [-0.15, -0.1) is 0 Å². The molecule has 27 heavy (non-hydrogen) atoms. The van der Waals surface area contributed by atoms with Crippen LogP contribution in [0.5, 0.6) is 0 Å². The van der Waals surface area contributed by atoms with Crippen molar-refractivity contribution in [2.75, 3.05) is 20.2 Å². The number of rotatable bonds is 6. The first kappa shape index (κ1) is 18.7. The van der Waals surface area contributed by atoms with Gasteiger partial charge in [0.2, 0.25) is 0 Å². The van der Waals surface area contributed by atoms with Crippen LogP contribution in [-0.4, -0.2) is 46.8 Å². The van der Waals surface area contributed by atoms with E-state index in [1.807, 2.05) is 0 Å². The van der Waals surface area contributed by atoms with E-state index >= 15 is 0 Å². The van der Waals surface area contributed by atoms with Crippen molar-refractivity contribution in [2.45, 2.75) is 6.92 Å². The molecule has 0 saturated carbocycles. The molecule has 3 rings (SSSR count). The maximum absolute atomic E-state index is 12.7. The Bertz CT molecular complexity index is 933. The van der Waals surface area contributed by atoms with Crippen molar-refractivity contribution in [3.63, 3.8) is 0 Å². The molecule has 0 aliphatic rings. The van der Waals surface area contributed by atoms with E-state index in [0.29, 0.717) is 16.5 Å². The lowest BCUT2D eigenvalue weighted by atomic mass is 10.2. The standard InChI is InChI=1S/C19H18ClN3O4/c1-3-26-18(24)12-22(2)19(25)15-11-16(17-5-4-10-27-17)23(21-15)14-8-6-13(20)7-9-14/h4-11H,3,12H2,1-2H3. The highest BCUT2D eigenvalue weighted by atomic mass is 35.5. The van der Waals surface area contributed by atoms with Crippen LogP contribution in [0.25, 0.3) is 17.1 Å². The molecule has 0 spiro atoms. The number of hydrogen-bond donors (Lipinski definition) is 0. The minimum absolute atomic E-state index is 0.156. The number of aromatic nitrogens is 2. The third-order valence-corrected chi connectivity index (χ3v) is 4.04. The number of ether oxygens (including phenoxy) is 1. The number of benzene rings is 1. The number of carbonyl (C=O) groups is 2. The Kier molecular flexibility index (Phi) is 5.61. The van der Waals surface area contributed by atoms with Gasteiger partial charge < -0.3 is 14.1 Å². The third-order valence-electron chi connectivity index (χ3n) is 3.79. The molecule has 3 aromatic rings. The van der Waals surface area contributed by atoms with Gasteiger partial charge in [-0.1, -0.05) is 11.6 Å². The highest BCUT2D eigenvalue weighted by Crippen LogP contribution is 2.25. The summed E-state index contributed by atoms with van der Waals surface area (Å²) in [7, 11) is 1.52. The lowest BCUT2D eigenvalue weighted by Gasteiger charge is -2.14. The molecular formula is C19H18ClN3O4. The molecule has 0 N–H and O–H groups in total. The van der Waals surface area contributed by atoms with Crippen LogP contribution >= 0.6 is 11.6 Å². The van der Waals surface area contributed by atoms with E-state index in [1.54, 1.807) is 60.3 Å². The summed E-state index contributed by atoms with van der Waals surface area (Å²) in [6.45, 7) is 1.81. The highest BCUT2D eigenvalue weighted by molar-refractivity contribution is 6.30. The van der Waals surface area contributed by atoms with Crippen molar-refractivity contribution in [1.82, 2.24) is 14.7 Å². The molecule has 0 aliphatic carbocycles. The molecule has 2 heterocycles. The quantitative estimate of drug-likeness (QED) is 0.605. The molecule has 2 aromatic heterocycles. The Hall–Kier alpha value is -3.06. The first-order valence-corrected chi connectivity index (χ1v) is 8.68. The molecule has 0 bridgehead atoms. The highest BCUT2D eigenvalue weighted by Gasteiger charge is 2.22. The van der Waals surface area contributed by atoms with Gasteiger partial charge in [0.25, 0.3) is 5.91 Å². The van der Waals surface area contributed by atoms with E-state index < -0.39 is 11.9 Å². The van der Waals surface area contributed by atoms with Gasteiger partial charge in [0.15, 0.2) is 11.5 Å². The summed E-state index contributed by atoms with van der Waals surface area (Å²) in [5.41, 5.74) is 1.51. The van der Waals surface area contributed by atoms with E-state index in [2.05, 4.69) is 5.10 Å². The number of esters is 1. The summed E-state index contributed by atoms with van der Waals surface area (Å²) < 4.78 is 11.9. The number of carbonyl (C=O) groups excluding carboxylic acids is 2. The second-order valence-corrected chi connectivity index (χ2v) is 6.18. The van der Waals surface area contributed by atoms with Gasteiger partial charge in [-0.25, -0.2) is 4.68 Å².